The van der Waals surface area contributed by atoms with Gasteiger partial charge in [0.05, 0.1) is 6.20 Å². The first-order valence-corrected chi connectivity index (χ1v) is 9.81. The molecule has 1 aliphatic carbocycles. The highest BCUT2D eigenvalue weighted by atomic mass is 16.4. The zero-order chi connectivity index (χ0) is 17.8. The summed E-state index contributed by atoms with van der Waals surface area (Å²) in [6.07, 6.45) is 8.18. The molecular formula is C21H27N3O2. The molecule has 0 unspecified atom stereocenters. The van der Waals surface area contributed by atoms with Gasteiger partial charge < -0.3 is 9.32 Å². The van der Waals surface area contributed by atoms with Crippen molar-refractivity contribution >= 4 is 5.91 Å². The fraction of sp³-hybridized carbons (Fsp3) is 0.524. The maximum atomic E-state index is 12.5. The zero-order valence-electron chi connectivity index (χ0n) is 15.3. The molecule has 1 aromatic heterocycles. The van der Waals surface area contributed by atoms with Gasteiger partial charge in [-0.25, -0.2) is 4.98 Å². The quantitative estimate of drug-likeness (QED) is 0.827. The molecule has 0 radical (unpaired) electrons. The van der Waals surface area contributed by atoms with Gasteiger partial charge in [-0.15, -0.1) is 0 Å². The lowest BCUT2D eigenvalue weighted by molar-refractivity contribution is -0.133. The largest absolute Gasteiger partial charge is 0.441 e. The predicted molar refractivity (Wildman–Crippen MR) is 101 cm³/mol. The standard InChI is InChI=1S/C21H27N3O2/c25-21(24-14-12-23(13-15-24)18-8-4-5-9-18)11-10-20-22-16-19(26-20)17-6-2-1-3-7-17/h1-3,6-7,16,18H,4-5,8-15H2. The summed E-state index contributed by atoms with van der Waals surface area (Å²) in [5, 5.41) is 0. The number of amides is 1. The molecule has 1 amide bonds. The van der Waals surface area contributed by atoms with Crippen molar-refractivity contribution in [2.75, 3.05) is 26.2 Å². The van der Waals surface area contributed by atoms with E-state index >= 15 is 0 Å². The Bertz CT molecular complexity index is 714. The summed E-state index contributed by atoms with van der Waals surface area (Å²) < 4.78 is 5.80. The molecule has 5 nitrogen and oxygen atoms in total. The van der Waals surface area contributed by atoms with Crippen LogP contribution in [0.2, 0.25) is 0 Å². The Morgan fingerprint density at radius 2 is 1.81 bits per heavy atom. The summed E-state index contributed by atoms with van der Waals surface area (Å²) in [6.45, 7) is 3.76. The summed E-state index contributed by atoms with van der Waals surface area (Å²) in [7, 11) is 0. The minimum Gasteiger partial charge on any atom is -0.441 e. The Hall–Kier alpha value is -2.14. The Balaban J connectivity index is 1.25. The topological polar surface area (TPSA) is 49.6 Å². The van der Waals surface area contributed by atoms with E-state index in [-0.39, 0.29) is 5.91 Å². The van der Waals surface area contributed by atoms with E-state index < -0.39 is 0 Å². The van der Waals surface area contributed by atoms with Gasteiger partial charge >= 0.3 is 0 Å². The number of nitrogens with zero attached hydrogens (tertiary/aromatic N) is 3. The zero-order valence-corrected chi connectivity index (χ0v) is 15.3. The van der Waals surface area contributed by atoms with Crippen molar-refractivity contribution in [3.8, 4) is 11.3 Å². The second kappa shape index (κ2) is 8.04. The molecular weight excluding hydrogens is 326 g/mol. The van der Waals surface area contributed by atoms with Crippen LogP contribution in [0.4, 0.5) is 0 Å². The van der Waals surface area contributed by atoms with Crippen LogP contribution in [0, 0.1) is 0 Å². The number of hydrogen-bond acceptors (Lipinski definition) is 4. The number of oxazole rings is 1. The molecule has 2 aromatic rings. The number of carbonyl (C=O) groups is 1. The molecule has 1 saturated heterocycles. The van der Waals surface area contributed by atoms with Crippen molar-refractivity contribution in [3.63, 3.8) is 0 Å². The number of carbonyl (C=O) groups excluding carboxylic acids is 1. The molecule has 138 valence electrons. The van der Waals surface area contributed by atoms with Crippen LogP contribution in [0.25, 0.3) is 11.3 Å². The van der Waals surface area contributed by atoms with E-state index in [0.29, 0.717) is 18.7 Å². The Kier molecular flexibility index (Phi) is 5.34. The summed E-state index contributed by atoms with van der Waals surface area (Å²) in [4.78, 5) is 21.4. The third-order valence-corrected chi connectivity index (χ3v) is 5.67. The average Bonchev–Trinajstić information content (AvgIpc) is 3.39. The van der Waals surface area contributed by atoms with Crippen molar-refractivity contribution in [1.29, 1.82) is 0 Å². The molecule has 1 saturated carbocycles. The predicted octanol–water partition coefficient (Wildman–Crippen LogP) is 3.36. The van der Waals surface area contributed by atoms with Gasteiger partial charge in [-0.2, -0.15) is 0 Å². The van der Waals surface area contributed by atoms with Crippen molar-refractivity contribution in [2.45, 2.75) is 44.6 Å². The normalized spacial score (nSPS) is 19.2. The molecule has 5 heteroatoms. The van der Waals surface area contributed by atoms with E-state index in [1.165, 1.54) is 25.7 Å². The minimum absolute atomic E-state index is 0.218. The van der Waals surface area contributed by atoms with E-state index in [9.17, 15) is 4.79 Å². The van der Waals surface area contributed by atoms with Gasteiger partial charge in [0.1, 0.15) is 0 Å². The van der Waals surface area contributed by atoms with Gasteiger partial charge in [0, 0.05) is 50.6 Å². The van der Waals surface area contributed by atoms with Crippen LogP contribution < -0.4 is 0 Å². The van der Waals surface area contributed by atoms with E-state index in [2.05, 4.69) is 9.88 Å². The maximum absolute atomic E-state index is 12.5. The number of aryl methyl sites for hydroxylation is 1. The van der Waals surface area contributed by atoms with Gasteiger partial charge in [-0.05, 0) is 12.8 Å². The molecule has 2 aliphatic rings. The van der Waals surface area contributed by atoms with E-state index in [1.807, 2.05) is 35.2 Å². The van der Waals surface area contributed by atoms with E-state index in [0.717, 1.165) is 43.5 Å². The molecule has 0 spiro atoms. The van der Waals surface area contributed by atoms with Crippen molar-refractivity contribution in [3.05, 3.63) is 42.4 Å². The monoisotopic (exact) mass is 353 g/mol. The molecule has 1 aromatic carbocycles. The number of piperazine rings is 1. The first kappa shape index (κ1) is 17.3. The summed E-state index contributed by atoms with van der Waals surface area (Å²) in [6, 6.07) is 10.7. The summed E-state index contributed by atoms with van der Waals surface area (Å²) >= 11 is 0. The SMILES string of the molecule is O=C(CCc1ncc(-c2ccccc2)o1)N1CCN(C2CCCC2)CC1. The lowest BCUT2D eigenvalue weighted by Crippen LogP contribution is -2.51. The maximum Gasteiger partial charge on any atom is 0.223 e. The highest BCUT2D eigenvalue weighted by molar-refractivity contribution is 5.76. The van der Waals surface area contributed by atoms with Crippen LogP contribution in [0.15, 0.2) is 40.9 Å². The fourth-order valence-electron chi connectivity index (χ4n) is 4.14. The summed E-state index contributed by atoms with van der Waals surface area (Å²) in [5.41, 5.74) is 1.01. The highest BCUT2D eigenvalue weighted by Crippen LogP contribution is 2.24. The van der Waals surface area contributed by atoms with Gasteiger partial charge in [-0.1, -0.05) is 43.2 Å². The molecule has 2 heterocycles. The van der Waals surface area contributed by atoms with Crippen molar-refractivity contribution in [1.82, 2.24) is 14.8 Å². The number of hydrogen-bond donors (Lipinski definition) is 0. The third kappa shape index (κ3) is 3.98. The van der Waals surface area contributed by atoms with Crippen molar-refractivity contribution < 1.29 is 9.21 Å². The Morgan fingerprint density at radius 3 is 2.54 bits per heavy atom. The van der Waals surface area contributed by atoms with Crippen LogP contribution in [-0.4, -0.2) is 52.9 Å². The second-order valence-corrected chi connectivity index (χ2v) is 7.34. The molecule has 0 N–H and O–H groups in total. The molecule has 0 bridgehead atoms. The molecule has 1 aliphatic heterocycles. The smallest absolute Gasteiger partial charge is 0.223 e. The Morgan fingerprint density at radius 1 is 1.08 bits per heavy atom. The second-order valence-electron chi connectivity index (χ2n) is 7.34. The lowest BCUT2D eigenvalue weighted by Gasteiger charge is -2.38. The van der Waals surface area contributed by atoms with Gasteiger partial charge in [-0.3, -0.25) is 9.69 Å². The van der Waals surface area contributed by atoms with Gasteiger partial charge in [0.2, 0.25) is 5.91 Å². The first-order chi connectivity index (χ1) is 12.8. The van der Waals surface area contributed by atoms with Crippen LogP contribution in [0.1, 0.15) is 38.0 Å². The molecule has 0 atom stereocenters. The van der Waals surface area contributed by atoms with Crippen LogP contribution in [-0.2, 0) is 11.2 Å². The first-order valence-electron chi connectivity index (χ1n) is 9.81. The van der Waals surface area contributed by atoms with Crippen LogP contribution in [0.5, 0.6) is 0 Å². The lowest BCUT2D eigenvalue weighted by atomic mass is 10.1. The number of benzene rings is 1. The highest BCUT2D eigenvalue weighted by Gasteiger charge is 2.27. The minimum atomic E-state index is 0.218. The van der Waals surface area contributed by atoms with E-state index in [4.69, 9.17) is 4.42 Å². The van der Waals surface area contributed by atoms with Crippen LogP contribution in [0.3, 0.4) is 0 Å². The van der Waals surface area contributed by atoms with Crippen LogP contribution >= 0.6 is 0 Å². The molecule has 2 fully saturated rings. The Labute approximate surface area is 155 Å². The van der Waals surface area contributed by atoms with E-state index in [1.54, 1.807) is 6.20 Å². The number of aromatic nitrogens is 1. The van der Waals surface area contributed by atoms with Gasteiger partial charge in [0.15, 0.2) is 11.7 Å². The van der Waals surface area contributed by atoms with Gasteiger partial charge in [0.25, 0.3) is 0 Å². The molecule has 26 heavy (non-hydrogen) atoms. The summed E-state index contributed by atoms with van der Waals surface area (Å²) in [5.74, 6) is 1.62. The van der Waals surface area contributed by atoms with Crippen molar-refractivity contribution in [2.24, 2.45) is 0 Å². The number of rotatable bonds is 5. The third-order valence-electron chi connectivity index (χ3n) is 5.67. The average molecular weight is 353 g/mol. The fourth-order valence-corrected chi connectivity index (χ4v) is 4.14. The molecule has 4 rings (SSSR count).